The normalized spacial score (nSPS) is 11.1. The molecule has 0 aliphatic carbocycles. The largest absolute Gasteiger partial charge is 0.359 e. The molecule has 1 aromatic heterocycles. The van der Waals surface area contributed by atoms with Crippen molar-refractivity contribution in [3.8, 4) is 0 Å². The van der Waals surface area contributed by atoms with Gasteiger partial charge in [0.15, 0.2) is 0 Å². The monoisotopic (exact) mass is 228 g/mol. The zero-order valence-corrected chi connectivity index (χ0v) is 11.1. The smallest absolute Gasteiger partial charge is 0.136 e. The molecule has 0 unspecified atom stereocenters. The van der Waals surface area contributed by atoms with Gasteiger partial charge < -0.3 is 4.90 Å². The van der Waals surface area contributed by atoms with Crippen LogP contribution in [0.5, 0.6) is 0 Å². The van der Waals surface area contributed by atoms with E-state index in [1.165, 1.54) is 16.3 Å². The van der Waals surface area contributed by atoms with Crippen LogP contribution >= 0.6 is 0 Å². The summed E-state index contributed by atoms with van der Waals surface area (Å²) in [7, 11) is 2.09. The van der Waals surface area contributed by atoms with Crippen LogP contribution in [0.1, 0.15) is 32.3 Å². The zero-order valence-electron chi connectivity index (χ0n) is 11.1. The van der Waals surface area contributed by atoms with Gasteiger partial charge in [0.25, 0.3) is 0 Å². The third kappa shape index (κ3) is 2.12. The van der Waals surface area contributed by atoms with Gasteiger partial charge in [-0.05, 0) is 29.9 Å². The maximum atomic E-state index is 4.50. The lowest BCUT2D eigenvalue weighted by Gasteiger charge is -2.19. The Bertz CT molecular complexity index is 517. The SMILES string of the molecule is CCN(C)c1nccc2c(C(C)C)cccc12. The van der Waals surface area contributed by atoms with Crippen molar-refractivity contribution in [2.45, 2.75) is 26.7 Å². The molecule has 90 valence electrons. The van der Waals surface area contributed by atoms with Crippen molar-refractivity contribution in [1.82, 2.24) is 4.98 Å². The predicted molar refractivity (Wildman–Crippen MR) is 74.8 cm³/mol. The van der Waals surface area contributed by atoms with Gasteiger partial charge in [0.2, 0.25) is 0 Å². The number of hydrogen-bond acceptors (Lipinski definition) is 2. The van der Waals surface area contributed by atoms with E-state index in [4.69, 9.17) is 0 Å². The van der Waals surface area contributed by atoms with Crippen molar-refractivity contribution >= 4 is 16.6 Å². The lowest BCUT2D eigenvalue weighted by Crippen LogP contribution is -2.17. The predicted octanol–water partition coefficient (Wildman–Crippen LogP) is 3.81. The van der Waals surface area contributed by atoms with Crippen LogP contribution in [0.15, 0.2) is 30.5 Å². The van der Waals surface area contributed by atoms with Crippen molar-refractivity contribution in [3.63, 3.8) is 0 Å². The minimum atomic E-state index is 0.542. The summed E-state index contributed by atoms with van der Waals surface area (Å²) in [6.45, 7) is 7.58. The number of rotatable bonds is 3. The second-order valence-corrected chi connectivity index (χ2v) is 4.75. The molecule has 0 N–H and O–H groups in total. The molecule has 0 saturated carbocycles. The second-order valence-electron chi connectivity index (χ2n) is 4.75. The highest BCUT2D eigenvalue weighted by Crippen LogP contribution is 2.29. The van der Waals surface area contributed by atoms with Crippen molar-refractivity contribution < 1.29 is 0 Å². The number of fused-ring (bicyclic) bond motifs is 1. The molecule has 0 radical (unpaired) electrons. The first-order chi connectivity index (χ1) is 8.15. The number of hydrogen-bond donors (Lipinski definition) is 0. The lowest BCUT2D eigenvalue weighted by molar-refractivity contribution is 0.875. The van der Waals surface area contributed by atoms with Gasteiger partial charge in [0.1, 0.15) is 5.82 Å². The summed E-state index contributed by atoms with van der Waals surface area (Å²) in [5.41, 5.74) is 1.40. The summed E-state index contributed by atoms with van der Waals surface area (Å²) in [5, 5.41) is 2.58. The molecule has 2 nitrogen and oxygen atoms in total. The van der Waals surface area contributed by atoms with Crippen LogP contribution < -0.4 is 4.90 Å². The summed E-state index contributed by atoms with van der Waals surface area (Å²) in [4.78, 5) is 6.69. The second kappa shape index (κ2) is 4.74. The summed E-state index contributed by atoms with van der Waals surface area (Å²) in [6.07, 6.45) is 1.91. The van der Waals surface area contributed by atoms with Gasteiger partial charge in [-0.1, -0.05) is 32.0 Å². The zero-order chi connectivity index (χ0) is 12.4. The molecule has 0 amide bonds. The summed E-state index contributed by atoms with van der Waals surface area (Å²) < 4.78 is 0. The Morgan fingerprint density at radius 3 is 2.59 bits per heavy atom. The van der Waals surface area contributed by atoms with E-state index in [0.717, 1.165) is 12.4 Å². The van der Waals surface area contributed by atoms with E-state index in [1.54, 1.807) is 0 Å². The average molecular weight is 228 g/mol. The minimum absolute atomic E-state index is 0.542. The molecule has 0 spiro atoms. The van der Waals surface area contributed by atoms with Gasteiger partial charge in [-0.3, -0.25) is 0 Å². The third-order valence-electron chi connectivity index (χ3n) is 3.28. The molecule has 0 aliphatic heterocycles. The molecule has 2 heteroatoms. The number of benzene rings is 1. The molecular formula is C15H20N2. The topological polar surface area (TPSA) is 16.1 Å². The summed E-state index contributed by atoms with van der Waals surface area (Å²) in [5.74, 6) is 1.62. The van der Waals surface area contributed by atoms with E-state index in [9.17, 15) is 0 Å². The third-order valence-corrected chi connectivity index (χ3v) is 3.28. The number of nitrogens with zero attached hydrogens (tertiary/aromatic N) is 2. The van der Waals surface area contributed by atoms with Crippen LogP contribution in [0.4, 0.5) is 5.82 Å². The van der Waals surface area contributed by atoms with Gasteiger partial charge >= 0.3 is 0 Å². The van der Waals surface area contributed by atoms with E-state index in [-0.39, 0.29) is 0 Å². The first-order valence-electron chi connectivity index (χ1n) is 6.24. The fourth-order valence-electron chi connectivity index (χ4n) is 2.17. The van der Waals surface area contributed by atoms with Crippen molar-refractivity contribution in [2.24, 2.45) is 0 Å². The van der Waals surface area contributed by atoms with Crippen LogP contribution in [-0.4, -0.2) is 18.6 Å². The van der Waals surface area contributed by atoms with Crippen molar-refractivity contribution in [3.05, 3.63) is 36.0 Å². The molecule has 0 bridgehead atoms. The first-order valence-corrected chi connectivity index (χ1v) is 6.24. The highest BCUT2D eigenvalue weighted by molar-refractivity contribution is 5.94. The average Bonchev–Trinajstić information content (AvgIpc) is 2.36. The highest BCUT2D eigenvalue weighted by atomic mass is 15.2. The molecule has 2 aromatic rings. The molecule has 1 aromatic carbocycles. The van der Waals surface area contributed by atoms with E-state index < -0.39 is 0 Å². The summed E-state index contributed by atoms with van der Waals surface area (Å²) >= 11 is 0. The van der Waals surface area contributed by atoms with Gasteiger partial charge in [-0.25, -0.2) is 4.98 Å². The Hall–Kier alpha value is -1.57. The van der Waals surface area contributed by atoms with Crippen molar-refractivity contribution in [2.75, 3.05) is 18.5 Å². The van der Waals surface area contributed by atoms with E-state index >= 15 is 0 Å². The van der Waals surface area contributed by atoms with Crippen LogP contribution in [-0.2, 0) is 0 Å². The van der Waals surface area contributed by atoms with E-state index in [2.05, 4.69) is 62.0 Å². The van der Waals surface area contributed by atoms with Crippen molar-refractivity contribution in [1.29, 1.82) is 0 Å². The van der Waals surface area contributed by atoms with E-state index in [0.29, 0.717) is 5.92 Å². The fraction of sp³-hybridized carbons (Fsp3) is 0.400. The standard InChI is InChI=1S/C15H20N2/c1-5-17(4)15-14-8-6-7-12(11(2)3)13(14)9-10-16-15/h6-11H,5H2,1-4H3. The van der Waals surface area contributed by atoms with Gasteiger partial charge in [-0.2, -0.15) is 0 Å². The Morgan fingerprint density at radius 1 is 1.18 bits per heavy atom. The molecular weight excluding hydrogens is 208 g/mol. The molecule has 0 atom stereocenters. The Balaban J connectivity index is 2.70. The summed E-state index contributed by atoms with van der Waals surface area (Å²) in [6, 6.07) is 8.63. The van der Waals surface area contributed by atoms with Crippen LogP contribution in [0.3, 0.4) is 0 Å². The van der Waals surface area contributed by atoms with Crippen LogP contribution in [0.25, 0.3) is 10.8 Å². The number of pyridine rings is 1. The maximum absolute atomic E-state index is 4.50. The van der Waals surface area contributed by atoms with E-state index in [1.807, 2.05) is 6.20 Å². The quantitative estimate of drug-likeness (QED) is 0.794. The van der Waals surface area contributed by atoms with Gasteiger partial charge in [-0.15, -0.1) is 0 Å². The lowest BCUT2D eigenvalue weighted by atomic mass is 9.97. The Kier molecular flexibility index (Phi) is 3.32. The Labute approximate surface area is 103 Å². The molecule has 0 fully saturated rings. The highest BCUT2D eigenvalue weighted by Gasteiger charge is 2.10. The minimum Gasteiger partial charge on any atom is -0.359 e. The molecule has 0 saturated heterocycles. The van der Waals surface area contributed by atoms with Gasteiger partial charge in [0, 0.05) is 25.2 Å². The fourth-order valence-corrected chi connectivity index (χ4v) is 2.17. The van der Waals surface area contributed by atoms with Gasteiger partial charge in [0.05, 0.1) is 0 Å². The number of aromatic nitrogens is 1. The Morgan fingerprint density at radius 2 is 1.94 bits per heavy atom. The first kappa shape index (κ1) is 11.9. The molecule has 17 heavy (non-hydrogen) atoms. The molecule has 2 rings (SSSR count). The maximum Gasteiger partial charge on any atom is 0.136 e. The molecule has 0 aliphatic rings. The molecule has 1 heterocycles. The van der Waals surface area contributed by atoms with Crippen LogP contribution in [0.2, 0.25) is 0 Å². The number of anilines is 1. The van der Waals surface area contributed by atoms with Crippen LogP contribution in [0, 0.1) is 0 Å².